The Morgan fingerprint density at radius 2 is 1.90 bits per heavy atom. The average Bonchev–Trinajstić information content (AvgIpc) is 2.91. The highest BCUT2D eigenvalue weighted by molar-refractivity contribution is 7.94. The van der Waals surface area contributed by atoms with Gasteiger partial charge in [-0.3, -0.25) is 4.90 Å². The molecule has 2 aliphatic heterocycles. The lowest BCUT2D eigenvalue weighted by atomic mass is 9.83. The number of anilines is 1. The lowest BCUT2D eigenvalue weighted by Gasteiger charge is -2.46. The molecule has 1 aromatic rings. The summed E-state index contributed by atoms with van der Waals surface area (Å²) >= 11 is 0. The minimum absolute atomic E-state index is 0.0469. The van der Waals surface area contributed by atoms with Gasteiger partial charge < -0.3 is 10.0 Å². The summed E-state index contributed by atoms with van der Waals surface area (Å²) in [5.74, 6) is -1.15. The van der Waals surface area contributed by atoms with Crippen LogP contribution in [0.2, 0.25) is 0 Å². The van der Waals surface area contributed by atoms with Gasteiger partial charge in [-0.2, -0.15) is 23.7 Å². The quantitative estimate of drug-likeness (QED) is 0.559. The van der Waals surface area contributed by atoms with Crippen molar-refractivity contribution in [1.82, 2.24) is 9.80 Å². The normalized spacial score (nSPS) is 24.0. The minimum atomic E-state index is -4.74. The first-order valence-electron chi connectivity index (χ1n) is 12.6. The number of nitrogens with zero attached hydrogens (tertiary/aromatic N) is 5. The number of aliphatic hydroxyl groups is 1. The van der Waals surface area contributed by atoms with Crippen molar-refractivity contribution < 1.29 is 36.3 Å². The molecule has 2 heterocycles. The van der Waals surface area contributed by atoms with Crippen molar-refractivity contribution in [1.29, 1.82) is 10.5 Å². The smallest absolute Gasteiger partial charge is 0.391 e. The molecule has 2 unspecified atom stereocenters. The number of carbonyl (C=O) groups is 2. The number of β-amino-alcohol motifs (C(OH)–C–C–N with tert-alkyl or cyclic N) is 1. The van der Waals surface area contributed by atoms with Crippen LogP contribution < -0.4 is 4.90 Å². The summed E-state index contributed by atoms with van der Waals surface area (Å²) in [7, 11) is -4.01. The molecule has 14 heteroatoms. The van der Waals surface area contributed by atoms with E-state index < -0.39 is 51.7 Å². The van der Waals surface area contributed by atoms with Gasteiger partial charge in [0.2, 0.25) is 0 Å². The van der Waals surface area contributed by atoms with E-state index in [1.54, 1.807) is 0 Å². The molecule has 0 bridgehead atoms. The molecule has 0 saturated carbocycles. The maximum atomic E-state index is 14.1. The Bertz CT molecular complexity index is 1570. The van der Waals surface area contributed by atoms with E-state index >= 15 is 0 Å². The molecule has 1 saturated heterocycles. The maximum absolute atomic E-state index is 14.1. The molecule has 1 aliphatic carbocycles. The Balaban J connectivity index is 1.94. The first-order valence-corrected chi connectivity index (χ1v) is 14.5. The van der Waals surface area contributed by atoms with Crippen molar-refractivity contribution >= 4 is 27.6 Å². The molecule has 41 heavy (non-hydrogen) atoms. The molecule has 1 aromatic carbocycles. The lowest BCUT2D eigenvalue weighted by molar-refractivity contribution is -0.137. The molecular formula is C27H26F3N5O5S. The number of sulfone groups is 1. The van der Waals surface area contributed by atoms with Crippen LogP contribution in [0.4, 0.5) is 28.4 Å². The topological polar surface area (TPSA) is 146 Å². The Labute approximate surface area is 234 Å². The van der Waals surface area contributed by atoms with Crippen LogP contribution in [0, 0.1) is 28.6 Å². The molecule has 1 fully saturated rings. The molecule has 4 amide bonds. The van der Waals surface area contributed by atoms with Crippen molar-refractivity contribution in [2.45, 2.75) is 44.5 Å². The molecule has 10 nitrogen and oxygen atoms in total. The number of aliphatic hydroxyl groups excluding tert-OH is 1. The summed E-state index contributed by atoms with van der Waals surface area (Å²) in [5.41, 5.74) is -1.55. The fourth-order valence-corrected chi connectivity index (χ4v) is 6.52. The Morgan fingerprint density at radius 3 is 2.49 bits per heavy atom. The second-order valence-corrected chi connectivity index (χ2v) is 12.1. The molecule has 3 aliphatic rings. The maximum Gasteiger partial charge on any atom is 0.416 e. The minimum Gasteiger partial charge on any atom is -0.391 e. The molecule has 0 radical (unpaired) electrons. The van der Waals surface area contributed by atoms with E-state index in [1.165, 1.54) is 24.0 Å². The number of amides is 4. The van der Waals surface area contributed by atoms with E-state index in [4.69, 9.17) is 0 Å². The van der Waals surface area contributed by atoms with Gasteiger partial charge in [0.1, 0.15) is 0 Å². The third kappa shape index (κ3) is 5.71. The zero-order chi connectivity index (χ0) is 30.3. The van der Waals surface area contributed by atoms with E-state index in [0.29, 0.717) is 23.8 Å². The highest BCUT2D eigenvalue weighted by Crippen LogP contribution is 2.42. The van der Waals surface area contributed by atoms with Gasteiger partial charge in [0.05, 0.1) is 46.0 Å². The number of nitriles is 2. The van der Waals surface area contributed by atoms with Crippen LogP contribution in [-0.4, -0.2) is 66.9 Å². The third-order valence-corrected chi connectivity index (χ3v) is 8.59. The zero-order valence-electron chi connectivity index (χ0n) is 22.1. The van der Waals surface area contributed by atoms with Gasteiger partial charge in [-0.15, -0.1) is 0 Å². The van der Waals surface area contributed by atoms with Gasteiger partial charge in [-0.25, -0.2) is 22.9 Å². The van der Waals surface area contributed by atoms with Crippen LogP contribution in [-0.2, 0) is 16.0 Å². The van der Waals surface area contributed by atoms with E-state index in [2.05, 4.69) is 0 Å². The summed E-state index contributed by atoms with van der Waals surface area (Å²) in [6.07, 6.45) is -1.47. The summed E-state index contributed by atoms with van der Waals surface area (Å²) in [5, 5.41) is 29.8. The number of hydrogen-bond acceptors (Lipinski definition) is 7. The Morgan fingerprint density at radius 1 is 1.20 bits per heavy atom. The van der Waals surface area contributed by atoms with E-state index in [-0.39, 0.29) is 46.9 Å². The summed E-state index contributed by atoms with van der Waals surface area (Å²) in [6, 6.07) is 4.19. The number of allylic oxidation sites excluding steroid dienone is 4. The standard InChI is InChI=1S/C27H26F3N5O5S/c1-16-22(14-32)24(21-9-8-17(13-31)11-23(21)41(2,39)40)35(25(37)33-10-4-7-20(36)15-33)26(38)34(16)19-6-3-5-18(12-19)27(28,29)30/h3,5-6,8,11-12,20-21,24,36H,4,7,9-10,15H2,1-2H3/t20?,21?,24-/m1/s1. The van der Waals surface area contributed by atoms with Crippen LogP contribution in [0.15, 0.2) is 58.2 Å². The number of halogens is 3. The summed E-state index contributed by atoms with van der Waals surface area (Å²) < 4.78 is 66.3. The van der Waals surface area contributed by atoms with Crippen molar-refractivity contribution in [3.8, 4) is 12.1 Å². The number of hydrogen-bond donors (Lipinski definition) is 1. The predicted molar refractivity (Wildman–Crippen MR) is 140 cm³/mol. The number of carbonyl (C=O) groups excluding carboxylic acids is 2. The van der Waals surface area contributed by atoms with Gasteiger partial charge >= 0.3 is 18.2 Å². The number of imide groups is 1. The lowest BCUT2D eigenvalue weighted by Crippen LogP contribution is -2.62. The average molecular weight is 590 g/mol. The Kier molecular flexibility index (Phi) is 8.02. The monoisotopic (exact) mass is 589 g/mol. The van der Waals surface area contributed by atoms with Crippen LogP contribution in [0.5, 0.6) is 0 Å². The van der Waals surface area contributed by atoms with Gasteiger partial charge in [0.15, 0.2) is 9.84 Å². The first kappa shape index (κ1) is 29.8. The number of urea groups is 2. The fraction of sp³-hybridized carbons (Fsp3) is 0.407. The van der Waals surface area contributed by atoms with Crippen molar-refractivity contribution in [2.75, 3.05) is 24.2 Å². The molecular weight excluding hydrogens is 563 g/mol. The SMILES string of the molecule is CC1=C(C#N)[C@@H](C2CC=C(C#N)C=C2S(C)(=O)=O)N(C(=O)N2CCCC(O)C2)C(=O)N1c1cccc(C(F)(F)F)c1. The van der Waals surface area contributed by atoms with Gasteiger partial charge in [0.25, 0.3) is 0 Å². The highest BCUT2D eigenvalue weighted by atomic mass is 32.2. The first-order chi connectivity index (χ1) is 19.2. The number of alkyl halides is 3. The zero-order valence-corrected chi connectivity index (χ0v) is 22.9. The molecule has 0 aromatic heterocycles. The van der Waals surface area contributed by atoms with Crippen molar-refractivity contribution in [2.24, 2.45) is 5.92 Å². The summed E-state index contributed by atoms with van der Waals surface area (Å²) in [6.45, 7) is 1.35. The summed E-state index contributed by atoms with van der Waals surface area (Å²) in [4.78, 5) is 30.5. The molecule has 216 valence electrons. The van der Waals surface area contributed by atoms with E-state index in [1.807, 2.05) is 12.1 Å². The van der Waals surface area contributed by atoms with Crippen LogP contribution >= 0.6 is 0 Å². The molecule has 3 atom stereocenters. The van der Waals surface area contributed by atoms with Crippen LogP contribution in [0.25, 0.3) is 0 Å². The van der Waals surface area contributed by atoms with Gasteiger partial charge in [-0.1, -0.05) is 12.1 Å². The molecule has 0 spiro atoms. The fourth-order valence-electron chi connectivity index (χ4n) is 5.40. The van der Waals surface area contributed by atoms with Crippen molar-refractivity contribution in [3.05, 3.63) is 63.7 Å². The second kappa shape index (κ2) is 11.0. The van der Waals surface area contributed by atoms with Gasteiger partial charge in [-0.05, 0) is 50.5 Å². The Hall–Kier alpha value is -4.14. The number of benzene rings is 1. The second-order valence-electron chi connectivity index (χ2n) is 10.0. The number of rotatable bonds is 3. The predicted octanol–water partition coefficient (Wildman–Crippen LogP) is 4.09. The van der Waals surface area contributed by atoms with E-state index in [9.17, 15) is 46.8 Å². The number of piperidine rings is 1. The van der Waals surface area contributed by atoms with Crippen molar-refractivity contribution in [3.63, 3.8) is 0 Å². The highest BCUT2D eigenvalue weighted by Gasteiger charge is 2.50. The molecule has 4 rings (SSSR count). The largest absolute Gasteiger partial charge is 0.416 e. The molecule has 1 N–H and O–H groups in total. The van der Waals surface area contributed by atoms with E-state index in [0.717, 1.165) is 29.4 Å². The van der Waals surface area contributed by atoms with Gasteiger partial charge in [0, 0.05) is 36.5 Å². The number of likely N-dealkylation sites (tertiary alicyclic amines) is 1. The van der Waals surface area contributed by atoms with Crippen LogP contribution in [0.3, 0.4) is 0 Å². The van der Waals surface area contributed by atoms with Crippen LogP contribution in [0.1, 0.15) is 31.7 Å². The third-order valence-electron chi connectivity index (χ3n) is 7.32.